The van der Waals surface area contributed by atoms with Crippen LogP contribution in [-0.2, 0) is 17.8 Å². The lowest BCUT2D eigenvalue weighted by Gasteiger charge is -2.37. The Morgan fingerprint density at radius 3 is 2.66 bits per heavy atom. The summed E-state index contributed by atoms with van der Waals surface area (Å²) in [6.45, 7) is 7.71. The van der Waals surface area contributed by atoms with E-state index < -0.39 is 0 Å². The molecular weight excluding hydrogens is 406 g/mol. The highest BCUT2D eigenvalue weighted by molar-refractivity contribution is 5.91. The van der Waals surface area contributed by atoms with Crippen LogP contribution in [0.1, 0.15) is 11.3 Å². The van der Waals surface area contributed by atoms with E-state index in [-0.39, 0.29) is 5.91 Å². The monoisotopic (exact) mass is 431 g/mol. The Kier molecular flexibility index (Phi) is 5.30. The number of aromatic nitrogens is 4. The first-order chi connectivity index (χ1) is 15.7. The Balaban J connectivity index is 1.44. The summed E-state index contributed by atoms with van der Waals surface area (Å²) in [5, 5.41) is 10.8. The Hall–Kier alpha value is -3.75. The molecule has 4 heterocycles. The van der Waals surface area contributed by atoms with Gasteiger partial charge >= 0.3 is 6.01 Å². The Morgan fingerprint density at radius 2 is 1.88 bits per heavy atom. The summed E-state index contributed by atoms with van der Waals surface area (Å²) >= 11 is 0. The van der Waals surface area contributed by atoms with Gasteiger partial charge in [-0.3, -0.25) is 4.79 Å². The van der Waals surface area contributed by atoms with Crippen molar-refractivity contribution in [2.75, 3.05) is 49.6 Å². The van der Waals surface area contributed by atoms with Gasteiger partial charge in [0.25, 0.3) is 0 Å². The van der Waals surface area contributed by atoms with Crippen molar-refractivity contribution in [1.29, 1.82) is 0 Å². The smallest absolute Gasteiger partial charge is 0.318 e. The number of carbonyl (C=O) groups is 1. The fraction of sp³-hybridized carbons (Fsp3) is 0.348. The van der Waals surface area contributed by atoms with Crippen molar-refractivity contribution in [2.45, 2.75) is 13.0 Å². The second-order valence-electron chi connectivity index (χ2n) is 7.90. The molecule has 0 atom stereocenters. The number of carbonyl (C=O) groups excluding carboxylic acids is 1. The average Bonchev–Trinajstić information content (AvgIpc) is 2.87. The van der Waals surface area contributed by atoms with Gasteiger partial charge in [-0.05, 0) is 12.5 Å². The number of methoxy groups -OCH3 is 1. The Morgan fingerprint density at radius 1 is 1.06 bits per heavy atom. The molecule has 9 nitrogen and oxygen atoms in total. The van der Waals surface area contributed by atoms with Crippen LogP contribution in [0.25, 0.3) is 10.8 Å². The van der Waals surface area contributed by atoms with E-state index in [1.807, 2.05) is 23.1 Å². The van der Waals surface area contributed by atoms with Crippen molar-refractivity contribution in [2.24, 2.45) is 0 Å². The molecule has 3 aromatic rings. The number of rotatable bonds is 4. The Labute approximate surface area is 186 Å². The molecule has 0 aliphatic carbocycles. The molecule has 0 unspecified atom stereocenters. The molecule has 2 aliphatic rings. The van der Waals surface area contributed by atoms with Gasteiger partial charge in [0.1, 0.15) is 5.82 Å². The predicted octanol–water partition coefficient (Wildman–Crippen LogP) is 1.83. The number of nitrogens with zero attached hydrogens (tertiary/aromatic N) is 7. The number of ether oxygens (including phenoxy) is 1. The summed E-state index contributed by atoms with van der Waals surface area (Å²) in [5.41, 5.74) is 2.08. The fourth-order valence-electron chi connectivity index (χ4n) is 4.44. The summed E-state index contributed by atoms with van der Waals surface area (Å²) in [6.07, 6.45) is 3.96. The molecule has 9 heteroatoms. The van der Waals surface area contributed by atoms with E-state index >= 15 is 0 Å². The molecule has 1 fully saturated rings. The lowest BCUT2D eigenvalue weighted by molar-refractivity contribution is -0.126. The van der Waals surface area contributed by atoms with E-state index in [1.54, 1.807) is 13.3 Å². The zero-order valence-electron chi connectivity index (χ0n) is 18.1. The number of benzene rings is 1. The van der Waals surface area contributed by atoms with E-state index in [0.717, 1.165) is 46.6 Å². The van der Waals surface area contributed by atoms with E-state index in [2.05, 4.69) is 42.6 Å². The van der Waals surface area contributed by atoms with E-state index in [0.29, 0.717) is 38.7 Å². The quantitative estimate of drug-likeness (QED) is 0.578. The van der Waals surface area contributed by atoms with Crippen molar-refractivity contribution in [1.82, 2.24) is 25.1 Å². The first-order valence-electron chi connectivity index (χ1n) is 10.7. The zero-order chi connectivity index (χ0) is 22.1. The number of hydrogen-bond acceptors (Lipinski definition) is 8. The van der Waals surface area contributed by atoms with Gasteiger partial charge in [-0.2, -0.15) is 15.1 Å². The van der Waals surface area contributed by atoms with Gasteiger partial charge in [-0.1, -0.05) is 30.8 Å². The highest BCUT2D eigenvalue weighted by Gasteiger charge is 2.29. The van der Waals surface area contributed by atoms with Crippen LogP contribution in [0.15, 0.2) is 43.1 Å². The lowest BCUT2D eigenvalue weighted by Crippen LogP contribution is -2.49. The van der Waals surface area contributed by atoms with Crippen LogP contribution >= 0.6 is 0 Å². The third kappa shape index (κ3) is 3.59. The first kappa shape index (κ1) is 20.2. The molecule has 1 aromatic carbocycles. The molecule has 0 radical (unpaired) electrons. The summed E-state index contributed by atoms with van der Waals surface area (Å²) in [5.74, 6) is 1.74. The summed E-state index contributed by atoms with van der Waals surface area (Å²) in [4.78, 5) is 27.6. The van der Waals surface area contributed by atoms with E-state index in [4.69, 9.17) is 4.74 Å². The summed E-state index contributed by atoms with van der Waals surface area (Å²) in [6, 6.07) is 8.50. The summed E-state index contributed by atoms with van der Waals surface area (Å²) in [7, 11) is 1.59. The third-order valence-electron chi connectivity index (χ3n) is 6.12. The van der Waals surface area contributed by atoms with Crippen LogP contribution in [0.2, 0.25) is 0 Å². The number of piperazine rings is 1. The van der Waals surface area contributed by atoms with Gasteiger partial charge in [0, 0.05) is 49.1 Å². The van der Waals surface area contributed by atoms with Crippen LogP contribution in [0.3, 0.4) is 0 Å². The van der Waals surface area contributed by atoms with Gasteiger partial charge < -0.3 is 19.4 Å². The van der Waals surface area contributed by atoms with Crippen molar-refractivity contribution < 1.29 is 9.53 Å². The molecule has 2 aromatic heterocycles. The van der Waals surface area contributed by atoms with Crippen LogP contribution in [0, 0.1) is 0 Å². The molecule has 164 valence electrons. The molecular formula is C23H25N7O2. The number of amides is 1. The highest BCUT2D eigenvalue weighted by Crippen LogP contribution is 2.32. The van der Waals surface area contributed by atoms with Crippen molar-refractivity contribution in [3.05, 3.63) is 54.4 Å². The molecule has 0 N–H and O–H groups in total. The van der Waals surface area contributed by atoms with E-state index in [1.165, 1.54) is 6.08 Å². The van der Waals surface area contributed by atoms with Gasteiger partial charge in [-0.15, -0.1) is 5.10 Å². The normalized spacial score (nSPS) is 16.1. The topological polar surface area (TPSA) is 87.6 Å². The second-order valence-corrected chi connectivity index (χ2v) is 7.90. The molecule has 1 saturated heterocycles. The van der Waals surface area contributed by atoms with Crippen LogP contribution in [0.4, 0.5) is 11.6 Å². The molecule has 1 amide bonds. The maximum absolute atomic E-state index is 11.9. The minimum Gasteiger partial charge on any atom is -0.467 e. The minimum atomic E-state index is -0.0289. The van der Waals surface area contributed by atoms with Crippen molar-refractivity contribution >= 4 is 28.3 Å². The van der Waals surface area contributed by atoms with Gasteiger partial charge in [0.05, 0.1) is 25.5 Å². The maximum Gasteiger partial charge on any atom is 0.318 e. The number of anilines is 2. The van der Waals surface area contributed by atoms with E-state index in [9.17, 15) is 4.79 Å². The maximum atomic E-state index is 11.9. The van der Waals surface area contributed by atoms with Gasteiger partial charge in [0.2, 0.25) is 5.91 Å². The Bertz CT molecular complexity index is 1170. The molecule has 5 rings (SSSR count). The van der Waals surface area contributed by atoms with Crippen LogP contribution < -0.4 is 14.5 Å². The predicted molar refractivity (Wildman–Crippen MR) is 122 cm³/mol. The van der Waals surface area contributed by atoms with Gasteiger partial charge in [-0.25, -0.2) is 0 Å². The van der Waals surface area contributed by atoms with Gasteiger partial charge in [0.15, 0.2) is 5.82 Å². The molecule has 2 aliphatic heterocycles. The average molecular weight is 432 g/mol. The zero-order valence-corrected chi connectivity index (χ0v) is 18.1. The first-order valence-corrected chi connectivity index (χ1v) is 10.7. The van der Waals surface area contributed by atoms with Crippen LogP contribution in [0.5, 0.6) is 6.01 Å². The number of hydrogen-bond donors (Lipinski definition) is 0. The molecule has 0 bridgehead atoms. The molecule has 0 saturated carbocycles. The van der Waals surface area contributed by atoms with Crippen molar-refractivity contribution in [3.8, 4) is 6.01 Å². The highest BCUT2D eigenvalue weighted by atomic mass is 16.5. The van der Waals surface area contributed by atoms with Crippen LogP contribution in [-0.4, -0.2) is 70.8 Å². The molecule has 0 spiro atoms. The molecule has 32 heavy (non-hydrogen) atoms. The second kappa shape index (κ2) is 8.41. The lowest BCUT2D eigenvalue weighted by atomic mass is 10.0. The summed E-state index contributed by atoms with van der Waals surface area (Å²) < 4.78 is 5.43. The standard InChI is InChI=1S/C23H25N7O2/c1-3-20(31)28-10-12-29(13-11-28)21-18-8-9-30(15-19(18)25-23(26-21)32-2)22-17-7-5-4-6-16(17)14-24-27-22/h3-7,14H,1,8-13,15H2,2H3. The van der Waals surface area contributed by atoms with Crippen molar-refractivity contribution in [3.63, 3.8) is 0 Å². The SMILES string of the molecule is C=CC(=O)N1CCN(c2nc(OC)nc3c2CCN(c2nncc4ccccc24)C3)CC1. The third-order valence-corrected chi connectivity index (χ3v) is 6.12. The largest absolute Gasteiger partial charge is 0.467 e. The minimum absolute atomic E-state index is 0.0289. The fourth-order valence-corrected chi connectivity index (χ4v) is 4.44. The number of fused-ring (bicyclic) bond motifs is 2.